The highest BCUT2D eigenvalue weighted by molar-refractivity contribution is 7.80. The highest BCUT2D eigenvalue weighted by atomic mass is 32.1. The van der Waals surface area contributed by atoms with Gasteiger partial charge >= 0.3 is 6.09 Å². The minimum Gasteiger partial charge on any atom is -0.449 e. The molecule has 0 aromatic heterocycles. The Bertz CT molecular complexity index is 1100. The zero-order valence-corrected chi connectivity index (χ0v) is 20.1. The van der Waals surface area contributed by atoms with Gasteiger partial charge in [0.05, 0.1) is 6.04 Å². The van der Waals surface area contributed by atoms with Crippen molar-refractivity contribution >= 4 is 29.0 Å². The van der Waals surface area contributed by atoms with E-state index in [0.717, 1.165) is 12.1 Å². The van der Waals surface area contributed by atoms with Crippen LogP contribution in [0.5, 0.6) is 0 Å². The Hall–Kier alpha value is -3.18. The number of carbonyl (C=O) groups is 1. The van der Waals surface area contributed by atoms with Crippen LogP contribution in [0.3, 0.4) is 0 Å². The average Bonchev–Trinajstić information content (AvgIpc) is 3.12. The van der Waals surface area contributed by atoms with Gasteiger partial charge in [0.2, 0.25) is 0 Å². The van der Waals surface area contributed by atoms with Gasteiger partial charge in [-0.2, -0.15) is 0 Å². The van der Waals surface area contributed by atoms with Crippen LogP contribution in [0.4, 0.5) is 10.5 Å². The third kappa shape index (κ3) is 5.42. The van der Waals surface area contributed by atoms with Gasteiger partial charge in [0.25, 0.3) is 0 Å². The lowest BCUT2D eigenvalue weighted by molar-refractivity contribution is 0.140. The van der Waals surface area contributed by atoms with Crippen LogP contribution < -0.4 is 10.6 Å². The molecule has 3 aromatic carbocycles. The molecule has 33 heavy (non-hydrogen) atoms. The molecule has 170 valence electrons. The van der Waals surface area contributed by atoms with E-state index in [1.165, 1.54) is 27.8 Å². The first-order valence-corrected chi connectivity index (χ1v) is 11.8. The van der Waals surface area contributed by atoms with Crippen molar-refractivity contribution < 1.29 is 9.53 Å². The second-order valence-corrected chi connectivity index (χ2v) is 9.45. The molecule has 1 atom stereocenters. The van der Waals surface area contributed by atoms with Crippen molar-refractivity contribution in [3.63, 3.8) is 0 Å². The molecule has 4 nitrogen and oxygen atoms in total. The van der Waals surface area contributed by atoms with E-state index in [4.69, 9.17) is 17.0 Å². The quantitative estimate of drug-likeness (QED) is 0.387. The summed E-state index contributed by atoms with van der Waals surface area (Å²) in [5, 5.41) is 6.25. The van der Waals surface area contributed by atoms with E-state index in [0.29, 0.717) is 10.9 Å². The minimum atomic E-state index is -0.449. The zero-order valence-electron chi connectivity index (χ0n) is 19.3. The molecule has 0 radical (unpaired) electrons. The van der Waals surface area contributed by atoms with Gasteiger partial charge in [-0.15, -0.1) is 0 Å². The fraction of sp³-hybridized carbons (Fsp3) is 0.286. The van der Waals surface area contributed by atoms with Crippen LogP contribution in [-0.2, 0) is 4.74 Å². The molecule has 4 rings (SSSR count). The summed E-state index contributed by atoms with van der Waals surface area (Å²) in [7, 11) is 0. The molecular formula is C28H30N2O2S. The van der Waals surface area contributed by atoms with Gasteiger partial charge in [-0.05, 0) is 53.6 Å². The van der Waals surface area contributed by atoms with E-state index < -0.39 is 6.09 Å². The summed E-state index contributed by atoms with van der Waals surface area (Å²) in [6.45, 7) is 6.55. The molecule has 3 aromatic rings. The lowest BCUT2D eigenvalue weighted by Crippen LogP contribution is -2.44. The van der Waals surface area contributed by atoms with Gasteiger partial charge in [-0.1, -0.05) is 92.3 Å². The van der Waals surface area contributed by atoms with Crippen molar-refractivity contribution in [1.82, 2.24) is 5.32 Å². The minimum absolute atomic E-state index is 0.0318. The van der Waals surface area contributed by atoms with E-state index in [2.05, 4.69) is 48.7 Å². The fourth-order valence-electron chi connectivity index (χ4n) is 4.35. The van der Waals surface area contributed by atoms with Crippen LogP contribution >= 0.6 is 12.2 Å². The highest BCUT2D eigenvalue weighted by Crippen LogP contribution is 2.44. The van der Waals surface area contributed by atoms with Crippen LogP contribution in [0, 0.1) is 12.8 Å². The van der Waals surface area contributed by atoms with Crippen LogP contribution in [0.15, 0.2) is 72.8 Å². The number of hydrogen-bond acceptors (Lipinski definition) is 3. The van der Waals surface area contributed by atoms with Crippen LogP contribution in [0.1, 0.15) is 42.9 Å². The van der Waals surface area contributed by atoms with Gasteiger partial charge in [0, 0.05) is 11.6 Å². The monoisotopic (exact) mass is 458 g/mol. The lowest BCUT2D eigenvalue weighted by atomic mass is 9.98. The van der Waals surface area contributed by atoms with E-state index in [9.17, 15) is 4.79 Å². The number of benzene rings is 3. The number of thiocarbonyl (C=S) groups is 1. The summed E-state index contributed by atoms with van der Waals surface area (Å²) in [5.41, 5.74) is 6.91. The highest BCUT2D eigenvalue weighted by Gasteiger charge is 2.29. The molecule has 1 amide bonds. The smallest absolute Gasteiger partial charge is 0.407 e. The molecule has 0 aliphatic heterocycles. The van der Waals surface area contributed by atoms with E-state index in [1.54, 1.807) is 0 Å². The Morgan fingerprint density at radius 2 is 1.52 bits per heavy atom. The van der Waals surface area contributed by atoms with Gasteiger partial charge in [0.1, 0.15) is 11.6 Å². The fourth-order valence-corrected chi connectivity index (χ4v) is 4.62. The molecule has 0 heterocycles. The van der Waals surface area contributed by atoms with Gasteiger partial charge in [-0.25, -0.2) is 4.79 Å². The number of fused-ring (bicyclic) bond motifs is 3. The number of amides is 1. The standard InChI is InChI=1S/C28H30N2O2S/c1-18(2)16-26(27(33)29-20-14-12-19(3)13-15-20)30-28(31)32-17-25-23-10-6-4-8-21(23)22-9-5-7-11-24(22)25/h4-15,18,25-26H,16-17H2,1-3H3,(H,29,33)(H,30,31)/t26-/m0/s1. The summed E-state index contributed by atoms with van der Waals surface area (Å²) >= 11 is 5.64. The van der Waals surface area contributed by atoms with Crippen molar-refractivity contribution in [2.24, 2.45) is 5.92 Å². The van der Waals surface area contributed by atoms with Crippen molar-refractivity contribution in [3.8, 4) is 11.1 Å². The van der Waals surface area contributed by atoms with Gasteiger partial charge < -0.3 is 15.4 Å². The topological polar surface area (TPSA) is 50.4 Å². The zero-order chi connectivity index (χ0) is 23.4. The van der Waals surface area contributed by atoms with Gasteiger partial charge in [-0.3, -0.25) is 0 Å². The number of ether oxygens (including phenoxy) is 1. The molecular weight excluding hydrogens is 428 g/mol. The summed E-state index contributed by atoms with van der Waals surface area (Å²) in [6.07, 6.45) is 0.276. The van der Waals surface area contributed by atoms with E-state index in [-0.39, 0.29) is 18.6 Å². The Kier molecular flexibility index (Phi) is 7.09. The molecule has 5 heteroatoms. The molecule has 0 unspecified atom stereocenters. The number of carbonyl (C=O) groups excluding carboxylic acids is 1. The molecule has 0 fully saturated rings. The Morgan fingerprint density at radius 1 is 0.939 bits per heavy atom. The lowest BCUT2D eigenvalue weighted by Gasteiger charge is -2.23. The number of aryl methyl sites for hydroxylation is 1. The molecule has 0 spiro atoms. The molecule has 0 bridgehead atoms. The molecule has 2 N–H and O–H groups in total. The number of anilines is 1. The maximum absolute atomic E-state index is 12.8. The summed E-state index contributed by atoms with van der Waals surface area (Å²) in [4.78, 5) is 13.4. The average molecular weight is 459 g/mol. The first kappa shape index (κ1) is 23.0. The SMILES string of the molecule is Cc1ccc(NC(=S)[C@H](CC(C)C)NC(=O)OCC2c3ccccc3-c3ccccc32)cc1. The maximum Gasteiger partial charge on any atom is 0.407 e. The van der Waals surface area contributed by atoms with E-state index in [1.807, 2.05) is 55.5 Å². The number of rotatable bonds is 7. The van der Waals surface area contributed by atoms with Crippen molar-refractivity contribution in [2.45, 2.75) is 39.2 Å². The molecule has 1 aliphatic rings. The first-order valence-electron chi connectivity index (χ1n) is 11.4. The largest absolute Gasteiger partial charge is 0.449 e. The van der Waals surface area contributed by atoms with Crippen LogP contribution in [0.2, 0.25) is 0 Å². The maximum atomic E-state index is 12.8. The summed E-state index contributed by atoms with van der Waals surface area (Å²) < 4.78 is 5.73. The van der Waals surface area contributed by atoms with Crippen molar-refractivity contribution in [3.05, 3.63) is 89.5 Å². The van der Waals surface area contributed by atoms with Gasteiger partial charge in [0.15, 0.2) is 0 Å². The number of hydrogen-bond donors (Lipinski definition) is 2. The third-order valence-electron chi connectivity index (χ3n) is 5.98. The number of alkyl carbamates (subject to hydrolysis) is 1. The molecule has 0 saturated heterocycles. The number of nitrogens with one attached hydrogen (secondary N) is 2. The van der Waals surface area contributed by atoms with Crippen molar-refractivity contribution in [1.29, 1.82) is 0 Å². The first-order chi connectivity index (χ1) is 15.9. The predicted molar refractivity (Wildman–Crippen MR) is 139 cm³/mol. The second-order valence-electron chi connectivity index (χ2n) is 9.01. The summed E-state index contributed by atoms with van der Waals surface area (Å²) in [5.74, 6) is 0.394. The summed E-state index contributed by atoms with van der Waals surface area (Å²) in [6, 6.07) is 24.4. The Labute approximate surface area is 201 Å². The van der Waals surface area contributed by atoms with Crippen LogP contribution in [0.25, 0.3) is 11.1 Å². The Morgan fingerprint density at radius 3 is 2.09 bits per heavy atom. The third-order valence-corrected chi connectivity index (χ3v) is 6.37. The van der Waals surface area contributed by atoms with Crippen molar-refractivity contribution in [2.75, 3.05) is 11.9 Å². The van der Waals surface area contributed by atoms with Crippen LogP contribution in [-0.4, -0.2) is 23.7 Å². The molecule has 1 aliphatic carbocycles. The second kappa shape index (κ2) is 10.2. The van der Waals surface area contributed by atoms with E-state index >= 15 is 0 Å². The normalized spacial score (nSPS) is 13.2. The predicted octanol–water partition coefficient (Wildman–Crippen LogP) is 6.69. The Balaban J connectivity index is 1.42. The molecule has 0 saturated carbocycles.